The normalized spacial score (nSPS) is 23.3. The van der Waals surface area contributed by atoms with Gasteiger partial charge in [-0.25, -0.2) is 5.48 Å². The van der Waals surface area contributed by atoms with Gasteiger partial charge in [-0.3, -0.25) is 14.4 Å². The fourth-order valence-electron chi connectivity index (χ4n) is 5.26. The average Bonchev–Trinajstić information content (AvgIpc) is 3.02. The summed E-state index contributed by atoms with van der Waals surface area (Å²) in [6, 6.07) is 0. The lowest BCUT2D eigenvalue weighted by atomic mass is 9.99. The molecule has 44 heavy (non-hydrogen) atoms. The molecule has 0 aromatic carbocycles. The maximum absolute atomic E-state index is 12.7. The number of amides is 1. The lowest BCUT2D eigenvalue weighted by Crippen LogP contribution is -2.59. The molecule has 1 fully saturated rings. The fourth-order valence-corrected chi connectivity index (χ4v) is 5.26. The van der Waals surface area contributed by atoms with Gasteiger partial charge in [-0.05, 0) is 19.3 Å². The van der Waals surface area contributed by atoms with Crippen molar-refractivity contribution < 1.29 is 49.1 Å². The van der Waals surface area contributed by atoms with Crippen molar-refractivity contribution in [1.29, 1.82) is 0 Å². The van der Waals surface area contributed by atoms with Gasteiger partial charge in [0, 0.05) is 12.3 Å². The topological polar surface area (TPSA) is 164 Å². The average molecular weight is 634 g/mol. The SMILES string of the molecule is CCCCCCCCCCCCCCCC(=O)OCC(CO[C@@H]1O[C@H](CO)[C@@H](O)[C@H](O)[C@H]1O)ONC(=O)C(CC)CCCC. The highest BCUT2D eigenvalue weighted by Crippen LogP contribution is 2.22. The number of aliphatic hydroxyl groups excluding tert-OH is 4. The van der Waals surface area contributed by atoms with Gasteiger partial charge in [0.2, 0.25) is 5.91 Å². The number of hydrogen-bond acceptors (Lipinski definition) is 10. The van der Waals surface area contributed by atoms with Crippen LogP contribution in [0, 0.1) is 5.92 Å². The maximum atomic E-state index is 12.7. The van der Waals surface area contributed by atoms with E-state index >= 15 is 0 Å². The fraction of sp³-hybridized carbons (Fsp3) is 0.939. The van der Waals surface area contributed by atoms with Crippen LogP contribution in [-0.4, -0.2) is 88.9 Å². The third-order valence-corrected chi connectivity index (χ3v) is 8.31. The van der Waals surface area contributed by atoms with Gasteiger partial charge in [-0.2, -0.15) is 0 Å². The van der Waals surface area contributed by atoms with Gasteiger partial charge in [0.1, 0.15) is 37.1 Å². The molecule has 1 saturated heterocycles. The van der Waals surface area contributed by atoms with Gasteiger partial charge >= 0.3 is 5.97 Å². The van der Waals surface area contributed by atoms with Gasteiger partial charge in [0.05, 0.1) is 13.2 Å². The molecule has 0 bridgehead atoms. The number of esters is 1. The highest BCUT2D eigenvalue weighted by molar-refractivity contribution is 5.77. The van der Waals surface area contributed by atoms with E-state index in [0.29, 0.717) is 6.42 Å². The monoisotopic (exact) mass is 633 g/mol. The van der Waals surface area contributed by atoms with Crippen LogP contribution in [0.3, 0.4) is 0 Å². The highest BCUT2D eigenvalue weighted by atomic mass is 16.7. The van der Waals surface area contributed by atoms with Gasteiger partial charge in [0.15, 0.2) is 6.29 Å². The molecule has 2 unspecified atom stereocenters. The molecule has 0 aromatic rings. The van der Waals surface area contributed by atoms with Gasteiger partial charge in [-0.15, -0.1) is 0 Å². The molecule has 0 spiro atoms. The molecule has 1 rings (SSSR count). The number of unbranched alkanes of at least 4 members (excludes halogenated alkanes) is 13. The first kappa shape index (κ1) is 40.7. The molecule has 11 nitrogen and oxygen atoms in total. The number of carbonyl (C=O) groups excluding carboxylic acids is 2. The second-order valence-electron chi connectivity index (χ2n) is 12.2. The maximum Gasteiger partial charge on any atom is 0.305 e. The Labute approximate surface area is 265 Å². The molecule has 5 N–H and O–H groups in total. The Kier molecular flexibility index (Phi) is 23.9. The number of hydroxylamine groups is 1. The number of rotatable bonds is 27. The van der Waals surface area contributed by atoms with Crippen LogP contribution in [0.2, 0.25) is 0 Å². The largest absolute Gasteiger partial charge is 0.463 e. The van der Waals surface area contributed by atoms with E-state index in [1.807, 2.05) is 6.92 Å². The summed E-state index contributed by atoms with van der Waals surface area (Å²) in [7, 11) is 0. The van der Waals surface area contributed by atoms with Gasteiger partial charge in [0.25, 0.3) is 0 Å². The summed E-state index contributed by atoms with van der Waals surface area (Å²) in [6.07, 6.45) is 11.2. The van der Waals surface area contributed by atoms with E-state index in [4.69, 9.17) is 19.0 Å². The zero-order valence-corrected chi connectivity index (χ0v) is 27.6. The van der Waals surface area contributed by atoms with E-state index in [-0.39, 0.29) is 37.4 Å². The first-order valence-electron chi connectivity index (χ1n) is 17.3. The van der Waals surface area contributed by atoms with Crippen molar-refractivity contribution in [1.82, 2.24) is 5.48 Å². The lowest BCUT2D eigenvalue weighted by Gasteiger charge is -2.39. The van der Waals surface area contributed by atoms with Crippen molar-refractivity contribution in [2.24, 2.45) is 5.92 Å². The lowest BCUT2D eigenvalue weighted by molar-refractivity contribution is -0.306. The van der Waals surface area contributed by atoms with Crippen LogP contribution < -0.4 is 5.48 Å². The van der Waals surface area contributed by atoms with Crippen molar-refractivity contribution in [2.75, 3.05) is 19.8 Å². The van der Waals surface area contributed by atoms with Crippen molar-refractivity contribution in [3.8, 4) is 0 Å². The third-order valence-electron chi connectivity index (χ3n) is 8.31. The quantitative estimate of drug-likeness (QED) is 0.0496. The standard InChI is InChI=1S/C33H63NO10/c1-4-7-9-10-11-12-13-14-15-16-17-18-19-21-28(36)41-23-26(44-34-32(40)25(6-3)20-8-5-2)24-42-33-31(39)30(38)29(37)27(22-35)43-33/h25-27,29-31,33,35,37-39H,4-24H2,1-3H3,(H,34,40)/t25?,26?,27-,29-,30+,31-,33-/m1/s1. The molecule has 1 heterocycles. The summed E-state index contributed by atoms with van der Waals surface area (Å²) in [5.41, 5.74) is 2.45. The minimum Gasteiger partial charge on any atom is -0.463 e. The highest BCUT2D eigenvalue weighted by Gasteiger charge is 2.44. The Morgan fingerprint density at radius 2 is 1.32 bits per heavy atom. The Morgan fingerprint density at radius 3 is 1.86 bits per heavy atom. The van der Waals surface area contributed by atoms with E-state index in [1.54, 1.807) is 0 Å². The molecular weight excluding hydrogens is 570 g/mol. The first-order chi connectivity index (χ1) is 21.3. The van der Waals surface area contributed by atoms with Crippen LogP contribution in [-0.2, 0) is 28.6 Å². The van der Waals surface area contributed by atoms with Crippen molar-refractivity contribution >= 4 is 11.9 Å². The number of hydrogen-bond donors (Lipinski definition) is 5. The number of ether oxygens (including phenoxy) is 3. The van der Waals surface area contributed by atoms with Crippen LogP contribution in [0.1, 0.15) is 136 Å². The van der Waals surface area contributed by atoms with E-state index in [2.05, 4.69) is 19.3 Å². The minimum atomic E-state index is -1.59. The number of nitrogens with one attached hydrogen (secondary N) is 1. The predicted octanol–water partition coefficient (Wildman–Crippen LogP) is 4.46. The number of aliphatic hydroxyl groups is 4. The summed E-state index contributed by atoms with van der Waals surface area (Å²) in [6.45, 7) is 5.16. The molecule has 1 aliphatic rings. The Balaban J connectivity index is 2.44. The molecule has 0 aromatic heterocycles. The summed E-state index contributed by atoms with van der Waals surface area (Å²) < 4.78 is 16.4. The van der Waals surface area contributed by atoms with Crippen molar-refractivity contribution in [3.05, 3.63) is 0 Å². The first-order valence-corrected chi connectivity index (χ1v) is 17.3. The van der Waals surface area contributed by atoms with E-state index < -0.39 is 43.4 Å². The Morgan fingerprint density at radius 1 is 0.750 bits per heavy atom. The predicted molar refractivity (Wildman–Crippen MR) is 167 cm³/mol. The van der Waals surface area contributed by atoms with Gasteiger partial charge < -0.3 is 34.6 Å². The summed E-state index contributed by atoms with van der Waals surface area (Å²) in [5.74, 6) is -0.882. The molecule has 11 heteroatoms. The Bertz CT molecular complexity index is 725. The van der Waals surface area contributed by atoms with Crippen LogP contribution in [0.15, 0.2) is 0 Å². The summed E-state index contributed by atoms with van der Waals surface area (Å²) in [5, 5.41) is 39.7. The smallest absolute Gasteiger partial charge is 0.305 e. The summed E-state index contributed by atoms with van der Waals surface area (Å²) >= 11 is 0. The van der Waals surface area contributed by atoms with Gasteiger partial charge in [-0.1, -0.05) is 111 Å². The van der Waals surface area contributed by atoms with Crippen molar-refractivity contribution in [3.63, 3.8) is 0 Å². The molecule has 1 amide bonds. The zero-order valence-electron chi connectivity index (χ0n) is 27.6. The molecule has 260 valence electrons. The van der Waals surface area contributed by atoms with Crippen LogP contribution in [0.25, 0.3) is 0 Å². The van der Waals surface area contributed by atoms with Crippen LogP contribution >= 0.6 is 0 Å². The molecule has 0 saturated carbocycles. The van der Waals surface area contributed by atoms with E-state index in [0.717, 1.165) is 38.5 Å². The molecule has 0 radical (unpaired) electrons. The molecule has 1 aliphatic heterocycles. The van der Waals surface area contributed by atoms with E-state index in [9.17, 15) is 30.0 Å². The zero-order chi connectivity index (χ0) is 32.6. The number of carbonyl (C=O) groups is 2. The molecule has 0 aliphatic carbocycles. The molecule has 7 atom stereocenters. The molecular formula is C33H63NO10. The minimum absolute atomic E-state index is 0.208. The van der Waals surface area contributed by atoms with Crippen LogP contribution in [0.5, 0.6) is 0 Å². The second-order valence-corrected chi connectivity index (χ2v) is 12.2. The third kappa shape index (κ3) is 17.4. The Hall–Kier alpha value is -1.34. The second kappa shape index (κ2) is 25.8. The van der Waals surface area contributed by atoms with Crippen LogP contribution in [0.4, 0.5) is 0 Å². The van der Waals surface area contributed by atoms with Crippen molar-refractivity contribution in [2.45, 2.75) is 173 Å². The summed E-state index contributed by atoms with van der Waals surface area (Å²) in [4.78, 5) is 30.6. The van der Waals surface area contributed by atoms with E-state index in [1.165, 1.54) is 64.2 Å².